The Kier molecular flexibility index (Phi) is 5.12. The molecular formula is C16H26N2O. The van der Waals surface area contributed by atoms with Crippen molar-refractivity contribution in [1.29, 1.82) is 0 Å². The smallest absolute Gasteiger partial charge is 0.239 e. The highest BCUT2D eigenvalue weighted by molar-refractivity contribution is 5.82. The minimum Gasteiger partial charge on any atom is -0.341 e. The predicted molar refractivity (Wildman–Crippen MR) is 79.8 cm³/mol. The normalized spacial score (nSPS) is 14.8. The van der Waals surface area contributed by atoms with E-state index in [1.165, 1.54) is 0 Å². The van der Waals surface area contributed by atoms with Crippen molar-refractivity contribution in [2.75, 3.05) is 7.05 Å². The van der Waals surface area contributed by atoms with Crippen LogP contribution in [0.1, 0.15) is 33.3 Å². The maximum atomic E-state index is 12.3. The van der Waals surface area contributed by atoms with Crippen molar-refractivity contribution in [2.45, 2.75) is 46.2 Å². The van der Waals surface area contributed by atoms with Gasteiger partial charge >= 0.3 is 0 Å². The van der Waals surface area contributed by atoms with Crippen molar-refractivity contribution in [2.24, 2.45) is 11.1 Å². The topological polar surface area (TPSA) is 46.3 Å². The molecule has 0 bridgehead atoms. The molecule has 0 fully saturated rings. The summed E-state index contributed by atoms with van der Waals surface area (Å²) in [6, 6.07) is 9.58. The highest BCUT2D eigenvalue weighted by Gasteiger charge is 2.29. The molecule has 0 saturated heterocycles. The number of hydrogen-bond donors (Lipinski definition) is 1. The second-order valence-corrected chi connectivity index (χ2v) is 6.29. The van der Waals surface area contributed by atoms with E-state index < -0.39 is 6.04 Å². The van der Waals surface area contributed by atoms with Gasteiger partial charge in [0, 0.05) is 13.1 Å². The van der Waals surface area contributed by atoms with Gasteiger partial charge in [0.05, 0.1) is 6.04 Å². The number of hydrogen-bond acceptors (Lipinski definition) is 2. The van der Waals surface area contributed by atoms with Gasteiger partial charge in [0.15, 0.2) is 0 Å². The Morgan fingerprint density at radius 2 is 1.79 bits per heavy atom. The molecule has 1 rings (SSSR count). The summed E-state index contributed by atoms with van der Waals surface area (Å²) in [5.41, 5.74) is 7.19. The Balaban J connectivity index is 2.67. The van der Waals surface area contributed by atoms with Gasteiger partial charge in [-0.15, -0.1) is 0 Å². The van der Waals surface area contributed by atoms with Crippen LogP contribution < -0.4 is 5.73 Å². The molecule has 3 heteroatoms. The van der Waals surface area contributed by atoms with E-state index in [4.69, 9.17) is 5.73 Å². The number of nitrogens with two attached hydrogens (primary N) is 1. The molecule has 106 valence electrons. The maximum absolute atomic E-state index is 12.3. The van der Waals surface area contributed by atoms with Crippen LogP contribution in [0.3, 0.4) is 0 Å². The van der Waals surface area contributed by atoms with Crippen molar-refractivity contribution in [3.63, 3.8) is 0 Å². The molecule has 1 amide bonds. The third kappa shape index (κ3) is 4.35. The lowest BCUT2D eigenvalue weighted by Gasteiger charge is -2.36. The van der Waals surface area contributed by atoms with E-state index in [0.717, 1.165) is 5.56 Å². The minimum atomic E-state index is -0.475. The van der Waals surface area contributed by atoms with Gasteiger partial charge in [-0.25, -0.2) is 0 Å². The van der Waals surface area contributed by atoms with Gasteiger partial charge in [-0.05, 0) is 24.3 Å². The third-order valence-electron chi connectivity index (χ3n) is 3.80. The Morgan fingerprint density at radius 1 is 1.26 bits per heavy atom. The predicted octanol–water partition coefficient (Wildman–Crippen LogP) is 2.45. The van der Waals surface area contributed by atoms with Gasteiger partial charge in [-0.2, -0.15) is 0 Å². The monoisotopic (exact) mass is 262 g/mol. The summed E-state index contributed by atoms with van der Waals surface area (Å²) in [5, 5.41) is 0. The molecule has 2 N–H and O–H groups in total. The Bertz CT molecular complexity index is 409. The standard InChI is InChI=1S/C16H26N2O/c1-12(16(2,3)4)18(5)15(19)14(17)11-13-9-7-6-8-10-13/h6-10,12,14H,11,17H2,1-5H3/t12?,14-/m0/s1. The maximum Gasteiger partial charge on any atom is 0.239 e. The SMILES string of the molecule is CC(N(C)C(=O)[C@@H](N)Cc1ccccc1)C(C)(C)C. The van der Waals surface area contributed by atoms with E-state index in [9.17, 15) is 4.79 Å². The molecule has 1 aromatic carbocycles. The van der Waals surface area contributed by atoms with Crippen LogP contribution in [-0.2, 0) is 11.2 Å². The highest BCUT2D eigenvalue weighted by atomic mass is 16.2. The summed E-state index contributed by atoms with van der Waals surface area (Å²) >= 11 is 0. The summed E-state index contributed by atoms with van der Waals surface area (Å²) in [6.07, 6.45) is 0.584. The molecule has 0 saturated carbocycles. The fourth-order valence-corrected chi connectivity index (χ4v) is 1.99. The van der Waals surface area contributed by atoms with Crippen molar-refractivity contribution < 1.29 is 4.79 Å². The molecule has 1 aromatic rings. The van der Waals surface area contributed by atoms with Crippen molar-refractivity contribution in [3.8, 4) is 0 Å². The first-order valence-corrected chi connectivity index (χ1v) is 6.79. The molecule has 2 atom stereocenters. The third-order valence-corrected chi connectivity index (χ3v) is 3.80. The summed E-state index contributed by atoms with van der Waals surface area (Å²) in [6.45, 7) is 8.45. The molecule has 0 heterocycles. The average Bonchev–Trinajstić information content (AvgIpc) is 2.36. The minimum absolute atomic E-state index is 0.00581. The lowest BCUT2D eigenvalue weighted by molar-refractivity contribution is -0.135. The molecule has 19 heavy (non-hydrogen) atoms. The first kappa shape index (κ1) is 15.7. The van der Waals surface area contributed by atoms with Crippen molar-refractivity contribution >= 4 is 5.91 Å². The first-order chi connectivity index (χ1) is 8.73. The van der Waals surface area contributed by atoms with Crippen LogP contribution in [0.4, 0.5) is 0 Å². The number of nitrogens with zero attached hydrogens (tertiary/aromatic N) is 1. The Hall–Kier alpha value is -1.35. The quantitative estimate of drug-likeness (QED) is 0.906. The summed E-state index contributed by atoms with van der Waals surface area (Å²) in [7, 11) is 1.84. The van der Waals surface area contributed by atoms with E-state index in [2.05, 4.69) is 27.7 Å². The number of carbonyl (C=O) groups excluding carboxylic acids is 1. The van der Waals surface area contributed by atoms with E-state index in [-0.39, 0.29) is 17.4 Å². The zero-order chi connectivity index (χ0) is 14.6. The fourth-order valence-electron chi connectivity index (χ4n) is 1.99. The molecule has 0 aliphatic carbocycles. The molecule has 1 unspecified atom stereocenters. The van der Waals surface area contributed by atoms with Gasteiger partial charge in [-0.3, -0.25) is 4.79 Å². The number of rotatable bonds is 4. The number of benzene rings is 1. The number of likely N-dealkylation sites (N-methyl/N-ethyl adjacent to an activating group) is 1. The molecule has 0 aromatic heterocycles. The van der Waals surface area contributed by atoms with Crippen LogP contribution in [0.5, 0.6) is 0 Å². The van der Waals surface area contributed by atoms with Gasteiger partial charge in [0.1, 0.15) is 0 Å². The molecule has 0 radical (unpaired) electrons. The first-order valence-electron chi connectivity index (χ1n) is 6.79. The van der Waals surface area contributed by atoms with Gasteiger partial charge in [-0.1, -0.05) is 51.1 Å². The summed E-state index contributed by atoms with van der Waals surface area (Å²) < 4.78 is 0. The molecule has 0 aliphatic heterocycles. The van der Waals surface area contributed by atoms with Crippen LogP contribution in [0, 0.1) is 5.41 Å². The fraction of sp³-hybridized carbons (Fsp3) is 0.562. The van der Waals surface area contributed by atoms with Crippen LogP contribution >= 0.6 is 0 Å². The van der Waals surface area contributed by atoms with E-state index in [0.29, 0.717) is 6.42 Å². The molecule has 0 aliphatic rings. The van der Waals surface area contributed by atoms with Crippen molar-refractivity contribution in [1.82, 2.24) is 4.90 Å². The van der Waals surface area contributed by atoms with E-state index >= 15 is 0 Å². The molecule has 3 nitrogen and oxygen atoms in total. The van der Waals surface area contributed by atoms with Crippen LogP contribution in [0.15, 0.2) is 30.3 Å². The van der Waals surface area contributed by atoms with Gasteiger partial charge in [0.2, 0.25) is 5.91 Å². The Morgan fingerprint density at radius 3 is 2.26 bits per heavy atom. The zero-order valence-corrected chi connectivity index (χ0v) is 12.7. The second-order valence-electron chi connectivity index (χ2n) is 6.29. The lowest BCUT2D eigenvalue weighted by atomic mass is 9.87. The van der Waals surface area contributed by atoms with Crippen LogP contribution in [-0.4, -0.2) is 29.9 Å². The van der Waals surface area contributed by atoms with E-state index in [1.54, 1.807) is 4.90 Å². The van der Waals surface area contributed by atoms with E-state index in [1.807, 2.05) is 37.4 Å². The lowest BCUT2D eigenvalue weighted by Crippen LogP contribution is -2.50. The van der Waals surface area contributed by atoms with Crippen molar-refractivity contribution in [3.05, 3.63) is 35.9 Å². The Labute approximate surface area is 116 Å². The van der Waals surface area contributed by atoms with Gasteiger partial charge < -0.3 is 10.6 Å². The summed E-state index contributed by atoms with van der Waals surface area (Å²) in [5.74, 6) is 0.00581. The average molecular weight is 262 g/mol. The largest absolute Gasteiger partial charge is 0.341 e. The zero-order valence-electron chi connectivity index (χ0n) is 12.7. The van der Waals surface area contributed by atoms with Gasteiger partial charge in [0.25, 0.3) is 0 Å². The number of carbonyl (C=O) groups is 1. The number of amides is 1. The van der Waals surface area contributed by atoms with Crippen LogP contribution in [0.25, 0.3) is 0 Å². The summed E-state index contributed by atoms with van der Waals surface area (Å²) in [4.78, 5) is 14.1. The second kappa shape index (κ2) is 6.20. The van der Waals surface area contributed by atoms with Crippen LogP contribution in [0.2, 0.25) is 0 Å². The molecular weight excluding hydrogens is 236 g/mol. The molecule has 0 spiro atoms. The highest BCUT2D eigenvalue weighted by Crippen LogP contribution is 2.23.